The highest BCUT2D eigenvalue weighted by molar-refractivity contribution is 7.92. The van der Waals surface area contributed by atoms with Gasteiger partial charge >= 0.3 is 0 Å². The van der Waals surface area contributed by atoms with Crippen molar-refractivity contribution in [2.45, 2.75) is 25.2 Å². The molecule has 2 aromatic rings. The van der Waals surface area contributed by atoms with Gasteiger partial charge in [-0.25, -0.2) is 8.42 Å². The number of anilines is 1. The topological polar surface area (TPSA) is 57.6 Å². The monoisotopic (exact) mass is 317 g/mol. The van der Waals surface area contributed by atoms with Crippen LogP contribution in [0, 0.1) is 6.92 Å². The molecule has 1 heterocycles. The van der Waals surface area contributed by atoms with Gasteiger partial charge in [0.25, 0.3) is 0 Å². The SMILES string of the molecule is Cc1cccc(CS(=O)(=O)N2CCC(O)c3ccccc32)c1. The number of hydrogen-bond donors (Lipinski definition) is 1. The van der Waals surface area contributed by atoms with Crippen LogP contribution >= 0.6 is 0 Å². The molecule has 2 aromatic carbocycles. The lowest BCUT2D eigenvalue weighted by Crippen LogP contribution is -2.37. The van der Waals surface area contributed by atoms with E-state index in [2.05, 4.69) is 0 Å². The molecule has 116 valence electrons. The van der Waals surface area contributed by atoms with E-state index in [1.165, 1.54) is 4.31 Å². The Morgan fingerprint density at radius 1 is 1.18 bits per heavy atom. The molecule has 4 nitrogen and oxygen atoms in total. The van der Waals surface area contributed by atoms with E-state index in [9.17, 15) is 13.5 Å². The van der Waals surface area contributed by atoms with E-state index in [-0.39, 0.29) is 5.75 Å². The van der Waals surface area contributed by atoms with Crippen LogP contribution in [0.15, 0.2) is 48.5 Å². The van der Waals surface area contributed by atoms with Crippen molar-refractivity contribution in [3.63, 3.8) is 0 Å². The molecule has 0 fully saturated rings. The zero-order valence-electron chi connectivity index (χ0n) is 12.4. The number of aliphatic hydroxyl groups is 1. The van der Waals surface area contributed by atoms with Gasteiger partial charge in [-0.3, -0.25) is 4.31 Å². The zero-order chi connectivity index (χ0) is 15.7. The van der Waals surface area contributed by atoms with Crippen LogP contribution in [0.3, 0.4) is 0 Å². The van der Waals surface area contributed by atoms with Gasteiger partial charge in [0.05, 0.1) is 17.5 Å². The van der Waals surface area contributed by atoms with E-state index in [4.69, 9.17) is 0 Å². The number of fused-ring (bicyclic) bond motifs is 1. The quantitative estimate of drug-likeness (QED) is 0.947. The number of benzene rings is 2. The van der Waals surface area contributed by atoms with Crippen LogP contribution in [0.25, 0.3) is 0 Å². The normalized spacial score (nSPS) is 18.1. The Morgan fingerprint density at radius 2 is 1.95 bits per heavy atom. The lowest BCUT2D eigenvalue weighted by Gasteiger charge is -2.33. The maximum absolute atomic E-state index is 12.8. The Hall–Kier alpha value is -1.85. The first-order chi connectivity index (χ1) is 10.5. The second-order valence-corrected chi connectivity index (χ2v) is 7.57. The molecule has 0 radical (unpaired) electrons. The molecule has 0 aromatic heterocycles. The van der Waals surface area contributed by atoms with Gasteiger partial charge in [-0.05, 0) is 25.0 Å². The van der Waals surface area contributed by atoms with Gasteiger partial charge in [-0.15, -0.1) is 0 Å². The van der Waals surface area contributed by atoms with Crippen molar-refractivity contribution in [1.82, 2.24) is 0 Å². The predicted octanol–water partition coefficient (Wildman–Crippen LogP) is 2.77. The minimum Gasteiger partial charge on any atom is -0.388 e. The molecule has 0 bridgehead atoms. The summed E-state index contributed by atoms with van der Waals surface area (Å²) in [5.41, 5.74) is 3.10. The molecule has 22 heavy (non-hydrogen) atoms. The summed E-state index contributed by atoms with van der Waals surface area (Å²) in [5, 5.41) is 10.0. The smallest absolute Gasteiger partial charge is 0.239 e. The van der Waals surface area contributed by atoms with Crippen LogP contribution in [0.5, 0.6) is 0 Å². The van der Waals surface area contributed by atoms with Crippen LogP contribution in [0.1, 0.15) is 29.2 Å². The summed E-state index contributed by atoms with van der Waals surface area (Å²) >= 11 is 0. The average Bonchev–Trinajstić information content (AvgIpc) is 2.47. The molecule has 1 aliphatic rings. The van der Waals surface area contributed by atoms with Crippen LogP contribution < -0.4 is 4.31 Å². The van der Waals surface area contributed by atoms with E-state index in [1.54, 1.807) is 18.2 Å². The van der Waals surface area contributed by atoms with Crippen molar-refractivity contribution in [1.29, 1.82) is 0 Å². The van der Waals surface area contributed by atoms with E-state index in [0.717, 1.165) is 11.1 Å². The van der Waals surface area contributed by atoms with Crippen molar-refractivity contribution in [2.75, 3.05) is 10.8 Å². The fourth-order valence-electron chi connectivity index (χ4n) is 2.89. The molecule has 1 atom stereocenters. The molecular weight excluding hydrogens is 298 g/mol. The second kappa shape index (κ2) is 5.74. The zero-order valence-corrected chi connectivity index (χ0v) is 13.3. The number of aliphatic hydroxyl groups excluding tert-OH is 1. The number of para-hydroxylation sites is 1. The summed E-state index contributed by atoms with van der Waals surface area (Å²) in [6, 6.07) is 14.7. The number of sulfonamides is 1. The molecule has 0 aliphatic carbocycles. The average molecular weight is 317 g/mol. The third-order valence-electron chi connectivity index (χ3n) is 3.94. The lowest BCUT2D eigenvalue weighted by atomic mass is 10.0. The summed E-state index contributed by atoms with van der Waals surface area (Å²) in [7, 11) is -3.47. The van der Waals surface area contributed by atoms with Crippen molar-refractivity contribution >= 4 is 15.7 Å². The third-order valence-corrected chi connectivity index (χ3v) is 5.69. The first kappa shape index (κ1) is 15.1. The molecule has 0 saturated heterocycles. The van der Waals surface area contributed by atoms with Crippen molar-refractivity contribution in [3.8, 4) is 0 Å². The molecule has 1 unspecified atom stereocenters. The summed E-state index contributed by atoms with van der Waals surface area (Å²) < 4.78 is 27.0. The Labute approximate surface area is 131 Å². The summed E-state index contributed by atoms with van der Waals surface area (Å²) in [6.07, 6.45) is -0.175. The highest BCUT2D eigenvalue weighted by Crippen LogP contribution is 2.35. The Bertz CT molecular complexity index is 786. The first-order valence-electron chi connectivity index (χ1n) is 7.30. The number of nitrogens with zero attached hydrogens (tertiary/aromatic N) is 1. The van der Waals surface area contributed by atoms with E-state index >= 15 is 0 Å². The minimum atomic E-state index is -3.47. The van der Waals surface area contributed by atoms with Crippen LogP contribution in [-0.4, -0.2) is 20.1 Å². The fraction of sp³-hybridized carbons (Fsp3) is 0.294. The highest BCUT2D eigenvalue weighted by Gasteiger charge is 2.31. The van der Waals surface area contributed by atoms with E-state index < -0.39 is 16.1 Å². The summed E-state index contributed by atoms with van der Waals surface area (Å²) in [5.74, 6) is -0.0287. The Kier molecular flexibility index (Phi) is 3.93. The van der Waals surface area contributed by atoms with Crippen LogP contribution in [-0.2, 0) is 15.8 Å². The first-order valence-corrected chi connectivity index (χ1v) is 8.91. The minimum absolute atomic E-state index is 0.0287. The molecule has 1 N–H and O–H groups in total. The Morgan fingerprint density at radius 3 is 2.73 bits per heavy atom. The molecule has 0 spiro atoms. The molecule has 0 saturated carbocycles. The molecule has 3 rings (SSSR count). The predicted molar refractivity (Wildman–Crippen MR) is 87.2 cm³/mol. The van der Waals surface area contributed by atoms with Crippen molar-refractivity contribution in [3.05, 3.63) is 65.2 Å². The van der Waals surface area contributed by atoms with E-state index in [1.807, 2.05) is 37.3 Å². The van der Waals surface area contributed by atoms with Crippen LogP contribution in [0.2, 0.25) is 0 Å². The van der Waals surface area contributed by atoms with Crippen molar-refractivity contribution < 1.29 is 13.5 Å². The third kappa shape index (κ3) is 2.87. The molecular formula is C17H19NO3S. The largest absolute Gasteiger partial charge is 0.388 e. The van der Waals surface area contributed by atoms with Gasteiger partial charge in [0, 0.05) is 12.1 Å². The van der Waals surface area contributed by atoms with Gasteiger partial charge < -0.3 is 5.11 Å². The van der Waals surface area contributed by atoms with Gasteiger partial charge in [0.2, 0.25) is 10.0 Å². The van der Waals surface area contributed by atoms with Gasteiger partial charge in [0.15, 0.2) is 0 Å². The summed E-state index contributed by atoms with van der Waals surface area (Å²) in [6.45, 7) is 2.26. The maximum atomic E-state index is 12.8. The summed E-state index contributed by atoms with van der Waals surface area (Å²) in [4.78, 5) is 0. The van der Waals surface area contributed by atoms with Gasteiger partial charge in [0.1, 0.15) is 0 Å². The molecule has 5 heteroatoms. The number of hydrogen-bond acceptors (Lipinski definition) is 3. The Balaban J connectivity index is 1.95. The lowest BCUT2D eigenvalue weighted by molar-refractivity contribution is 0.166. The number of rotatable bonds is 3. The molecule has 0 amide bonds. The van der Waals surface area contributed by atoms with Gasteiger partial charge in [-0.2, -0.15) is 0 Å². The van der Waals surface area contributed by atoms with Crippen LogP contribution in [0.4, 0.5) is 5.69 Å². The van der Waals surface area contributed by atoms with E-state index in [0.29, 0.717) is 24.2 Å². The molecule has 1 aliphatic heterocycles. The van der Waals surface area contributed by atoms with Gasteiger partial charge in [-0.1, -0.05) is 48.0 Å². The second-order valence-electron chi connectivity index (χ2n) is 5.68. The maximum Gasteiger partial charge on any atom is 0.239 e. The standard InChI is InChI=1S/C17H19NO3S/c1-13-5-4-6-14(11-13)12-22(20,21)18-10-9-17(19)15-7-2-3-8-16(15)18/h2-8,11,17,19H,9-10,12H2,1H3. The highest BCUT2D eigenvalue weighted by atomic mass is 32.2. The fourth-order valence-corrected chi connectivity index (χ4v) is 4.50. The van der Waals surface area contributed by atoms with Crippen molar-refractivity contribution in [2.24, 2.45) is 0 Å². The number of aryl methyl sites for hydroxylation is 1.